The van der Waals surface area contributed by atoms with Gasteiger partial charge in [-0.3, -0.25) is 0 Å². The highest BCUT2D eigenvalue weighted by Crippen LogP contribution is 2.60. The molecular weight excluding hydrogens is 994 g/mol. The van der Waals surface area contributed by atoms with Crippen molar-refractivity contribution in [3.05, 3.63) is 242 Å². The van der Waals surface area contributed by atoms with E-state index >= 15 is 8.78 Å². The van der Waals surface area contributed by atoms with Crippen molar-refractivity contribution in [1.29, 1.82) is 0 Å². The predicted molar refractivity (Wildman–Crippen MR) is 335 cm³/mol. The van der Waals surface area contributed by atoms with Crippen molar-refractivity contribution in [1.82, 2.24) is 0 Å². The maximum absolute atomic E-state index is 15.2. The molecule has 3 heteroatoms. The van der Waals surface area contributed by atoms with E-state index in [2.05, 4.69) is 152 Å². The van der Waals surface area contributed by atoms with Crippen LogP contribution in [0, 0.1) is 17.5 Å². The van der Waals surface area contributed by atoms with E-state index in [1.54, 1.807) is 24.3 Å². The van der Waals surface area contributed by atoms with E-state index < -0.39 is 0 Å². The van der Waals surface area contributed by atoms with Gasteiger partial charge in [-0.2, -0.15) is 0 Å². The first kappa shape index (κ1) is 42.6. The van der Waals surface area contributed by atoms with Gasteiger partial charge >= 0.3 is 0 Å². The molecule has 0 saturated heterocycles. The van der Waals surface area contributed by atoms with Crippen LogP contribution in [0.4, 0.5) is 13.2 Å². The molecule has 18 aromatic carbocycles. The molecule has 0 radical (unpaired) electrons. The zero-order chi connectivity index (χ0) is 52.8. The molecule has 0 spiro atoms. The Morgan fingerprint density at radius 3 is 0.963 bits per heavy atom. The minimum Gasteiger partial charge on any atom is -0.207 e. The predicted octanol–water partition coefficient (Wildman–Crippen LogP) is 22.6. The van der Waals surface area contributed by atoms with Crippen LogP contribution in [0.25, 0.3) is 207 Å². The first-order valence-corrected chi connectivity index (χ1v) is 27.8. The second-order valence-corrected chi connectivity index (χ2v) is 22.8. The summed E-state index contributed by atoms with van der Waals surface area (Å²) in [6.07, 6.45) is 0. The van der Waals surface area contributed by atoms with Gasteiger partial charge in [0.25, 0.3) is 0 Å². The molecule has 0 aromatic heterocycles. The molecule has 2 aliphatic rings. The van der Waals surface area contributed by atoms with Crippen LogP contribution in [-0.4, -0.2) is 0 Å². The number of benzene rings is 18. The quantitative estimate of drug-likeness (QED) is 0.122. The number of hydrogen-bond donors (Lipinski definition) is 0. The van der Waals surface area contributed by atoms with Gasteiger partial charge in [0.05, 0.1) is 0 Å². The van der Waals surface area contributed by atoms with Crippen molar-refractivity contribution in [2.45, 2.75) is 0 Å². The molecule has 20 rings (SSSR count). The van der Waals surface area contributed by atoms with Crippen molar-refractivity contribution in [3.8, 4) is 77.9 Å². The lowest BCUT2D eigenvalue weighted by atomic mass is 9.77. The van der Waals surface area contributed by atoms with Crippen LogP contribution < -0.4 is 0 Å². The van der Waals surface area contributed by atoms with Crippen LogP contribution in [0.5, 0.6) is 0 Å². The van der Waals surface area contributed by atoms with Crippen molar-refractivity contribution in [2.24, 2.45) is 0 Å². The maximum atomic E-state index is 15.2. The summed E-state index contributed by atoms with van der Waals surface area (Å²) in [4.78, 5) is 0. The summed E-state index contributed by atoms with van der Waals surface area (Å²) in [6.45, 7) is 0. The molecule has 0 aliphatic heterocycles. The van der Waals surface area contributed by atoms with Gasteiger partial charge < -0.3 is 0 Å². The summed E-state index contributed by atoms with van der Waals surface area (Å²) in [7, 11) is 0. The largest absolute Gasteiger partial charge is 0.207 e. The summed E-state index contributed by atoms with van der Waals surface area (Å²) in [6, 6.07) is 78.1. The highest BCUT2D eigenvalue weighted by Gasteiger charge is 2.32. The lowest BCUT2D eigenvalue weighted by Crippen LogP contribution is -1.97. The van der Waals surface area contributed by atoms with Crippen LogP contribution in [0.2, 0.25) is 0 Å². The van der Waals surface area contributed by atoms with Crippen molar-refractivity contribution < 1.29 is 13.2 Å². The molecule has 370 valence electrons. The lowest BCUT2D eigenvalue weighted by molar-refractivity contribution is 0.627. The van der Waals surface area contributed by atoms with Gasteiger partial charge in [0.15, 0.2) is 0 Å². The third-order valence-electron chi connectivity index (χ3n) is 19.1. The number of hydrogen-bond acceptors (Lipinski definition) is 0. The van der Waals surface area contributed by atoms with Crippen LogP contribution >= 0.6 is 0 Å². The minimum absolute atomic E-state index is 0.251. The number of fused-ring (bicyclic) bond motifs is 17. The van der Waals surface area contributed by atoms with Gasteiger partial charge in [0, 0.05) is 0 Å². The first-order chi connectivity index (χ1) is 39.9. The van der Waals surface area contributed by atoms with Gasteiger partial charge in [-0.1, -0.05) is 170 Å². The molecule has 18 aromatic rings. The molecule has 81 heavy (non-hydrogen) atoms. The van der Waals surface area contributed by atoms with Crippen LogP contribution in [-0.2, 0) is 0 Å². The van der Waals surface area contributed by atoms with Crippen molar-refractivity contribution in [3.63, 3.8) is 0 Å². The van der Waals surface area contributed by atoms with E-state index in [9.17, 15) is 4.39 Å². The number of rotatable bonds is 3. The molecule has 0 atom stereocenters. The fraction of sp³-hybridized carbons (Fsp3) is 0. The summed E-state index contributed by atoms with van der Waals surface area (Å²) in [5.74, 6) is -0.807. The van der Waals surface area contributed by atoms with E-state index in [-0.39, 0.29) is 17.5 Å². The van der Waals surface area contributed by atoms with Crippen LogP contribution in [0.3, 0.4) is 0 Å². The average Bonchev–Trinajstić information content (AvgIpc) is 2.46. The summed E-state index contributed by atoms with van der Waals surface area (Å²) in [5, 5.41) is 28.7. The van der Waals surface area contributed by atoms with Gasteiger partial charge in [0.2, 0.25) is 0 Å². The van der Waals surface area contributed by atoms with E-state index in [0.717, 1.165) is 76.5 Å². The Balaban J connectivity index is 0.941. The third-order valence-corrected chi connectivity index (χ3v) is 19.1. The van der Waals surface area contributed by atoms with E-state index in [4.69, 9.17) is 0 Å². The number of halogens is 3. The fourth-order valence-electron chi connectivity index (χ4n) is 16.0. The highest BCUT2D eigenvalue weighted by molar-refractivity contribution is 6.50. The Labute approximate surface area is 459 Å². The van der Waals surface area contributed by atoms with Gasteiger partial charge in [-0.25, -0.2) is 13.2 Å². The molecule has 0 N–H and O–H groups in total. The van der Waals surface area contributed by atoms with Crippen molar-refractivity contribution >= 4 is 129 Å². The lowest BCUT2D eigenvalue weighted by Gasteiger charge is -2.25. The fourth-order valence-corrected chi connectivity index (χ4v) is 16.0. The molecule has 0 bridgehead atoms. The monoisotopic (exact) mass is 1030 g/mol. The topological polar surface area (TPSA) is 0 Å². The Morgan fingerprint density at radius 1 is 0.160 bits per heavy atom. The summed E-state index contributed by atoms with van der Waals surface area (Å²) >= 11 is 0. The van der Waals surface area contributed by atoms with Gasteiger partial charge in [0.1, 0.15) is 17.5 Å². The molecule has 0 unspecified atom stereocenters. The third kappa shape index (κ3) is 5.16. The average molecular weight is 1030 g/mol. The van der Waals surface area contributed by atoms with Gasteiger partial charge in [-0.15, -0.1) is 0 Å². The van der Waals surface area contributed by atoms with Crippen LogP contribution in [0.1, 0.15) is 0 Å². The standard InChI is InChI=1S/C78H37F3/c79-42-16-9-38(10-17-42)41-15-22-47-50-23-24-51-53-28-33-60-76-63(40-13-20-44(81)21-14-40)37-66-57-30-32-59-71-49-8-4-2-6-46(49)45-5-1-3-7-48(45)70(71)58-31-27-52(69(57)74(58)59)54-29-34-61(78(76)73(54)66)75-62(39-11-18-43(80)19-12-39)36-65(72(53)77(60)75)56-26-25-55(64(47)35-41)67(50)68(51)56/h1-37H. The Kier molecular flexibility index (Phi) is 7.72. The van der Waals surface area contributed by atoms with E-state index in [1.807, 2.05) is 36.4 Å². The Morgan fingerprint density at radius 2 is 0.494 bits per heavy atom. The SMILES string of the molecule is Fc1ccc(-c2ccc3c(c2)-c2ccc4c5cc(-c6ccc(F)cc6)c6c7ccc8c9ccc%10c%11c(ccc(c%12cc(-c%13ccc(F)cc%13)c(c%13ccc(c%14ccc-3c2c%144)c5c%136)c7c8%12)c%119)-c2c-%10c3ccccc3c3ccccc23)cc1. The van der Waals surface area contributed by atoms with E-state index in [1.165, 1.54) is 143 Å². The van der Waals surface area contributed by atoms with Gasteiger partial charge in [-0.05, 0) is 262 Å². The Hall–Kier alpha value is -10.4. The molecule has 0 nitrogen and oxygen atoms in total. The zero-order valence-electron chi connectivity index (χ0n) is 43.0. The molecular formula is C78H37F3. The van der Waals surface area contributed by atoms with E-state index in [0.29, 0.717) is 0 Å². The zero-order valence-corrected chi connectivity index (χ0v) is 43.0. The molecule has 2 aliphatic carbocycles. The second kappa shape index (κ2) is 14.7. The molecule has 0 saturated carbocycles. The smallest absolute Gasteiger partial charge is 0.123 e. The normalized spacial score (nSPS) is 12.9. The second-order valence-electron chi connectivity index (χ2n) is 22.8. The molecule has 0 heterocycles. The highest BCUT2D eigenvalue weighted by atomic mass is 19.1. The maximum Gasteiger partial charge on any atom is 0.123 e. The van der Waals surface area contributed by atoms with Crippen LogP contribution in [0.15, 0.2) is 224 Å². The molecule has 0 amide bonds. The minimum atomic E-state index is -0.280. The summed E-state index contributed by atoms with van der Waals surface area (Å²) in [5.41, 5.74) is 15.9. The van der Waals surface area contributed by atoms with Crippen molar-refractivity contribution in [2.75, 3.05) is 0 Å². The molecule has 0 fully saturated rings. The first-order valence-electron chi connectivity index (χ1n) is 27.8. The summed E-state index contributed by atoms with van der Waals surface area (Å²) < 4.78 is 44.4. The Bertz CT molecular complexity index is 5860.